The maximum Gasteiger partial charge on any atom is 0.132 e. The van der Waals surface area contributed by atoms with Gasteiger partial charge in [-0.25, -0.2) is 9.07 Å². The first kappa shape index (κ1) is 9.65. The first-order valence-electron chi connectivity index (χ1n) is 4.56. The highest BCUT2D eigenvalue weighted by atomic mass is 19.1. The van der Waals surface area contributed by atoms with Gasteiger partial charge in [0.15, 0.2) is 0 Å². The van der Waals surface area contributed by atoms with Crippen molar-refractivity contribution in [3.8, 4) is 5.69 Å². The van der Waals surface area contributed by atoms with Gasteiger partial charge in [0.2, 0.25) is 0 Å². The van der Waals surface area contributed by atoms with Crippen LogP contribution in [0.1, 0.15) is 5.56 Å². The van der Waals surface area contributed by atoms with Crippen molar-refractivity contribution in [2.45, 2.75) is 0 Å². The van der Waals surface area contributed by atoms with Gasteiger partial charge < -0.3 is 0 Å². The molecule has 1 radical (unpaired) electrons. The van der Waals surface area contributed by atoms with Crippen LogP contribution >= 0.6 is 0 Å². The van der Waals surface area contributed by atoms with Crippen molar-refractivity contribution >= 4 is 6.08 Å². The van der Waals surface area contributed by atoms with Gasteiger partial charge in [-0.1, -0.05) is 12.2 Å². The number of halogens is 1. The van der Waals surface area contributed by atoms with E-state index in [4.69, 9.17) is 0 Å². The van der Waals surface area contributed by atoms with Crippen LogP contribution in [-0.4, -0.2) is 9.78 Å². The van der Waals surface area contributed by atoms with Crippen molar-refractivity contribution < 1.29 is 4.39 Å². The molecule has 3 heteroatoms. The van der Waals surface area contributed by atoms with Gasteiger partial charge in [0, 0.05) is 24.0 Å². The number of hydrogen-bond donors (Lipinski definition) is 0. The Balaban J connectivity index is 2.42. The largest absolute Gasteiger partial charge is 0.241 e. The van der Waals surface area contributed by atoms with Gasteiger partial charge >= 0.3 is 0 Å². The molecule has 15 heavy (non-hydrogen) atoms. The number of allylic oxidation sites excluding steroid dienone is 1. The summed E-state index contributed by atoms with van der Waals surface area (Å²) in [5.41, 5.74) is 1.24. The van der Waals surface area contributed by atoms with E-state index in [0.717, 1.165) is 0 Å². The maximum absolute atomic E-state index is 13.5. The monoisotopic (exact) mass is 201 g/mol. The quantitative estimate of drug-likeness (QED) is 0.730. The van der Waals surface area contributed by atoms with E-state index >= 15 is 0 Å². The fourth-order valence-electron chi connectivity index (χ4n) is 1.34. The van der Waals surface area contributed by atoms with Gasteiger partial charge in [0.05, 0.1) is 5.69 Å². The Morgan fingerprint density at radius 2 is 2.27 bits per heavy atom. The summed E-state index contributed by atoms with van der Waals surface area (Å²) in [6.07, 6.45) is 6.61. The standard InChI is InChI=1S/C12H10FN2/c1-2-4-10-5-6-11(9-12(10)13)15-8-3-7-14-15/h2-9H,1H2/b4-2+. The number of benzene rings is 1. The lowest BCUT2D eigenvalue weighted by atomic mass is 10.2. The minimum Gasteiger partial charge on any atom is -0.241 e. The van der Waals surface area contributed by atoms with Crippen molar-refractivity contribution in [1.82, 2.24) is 9.78 Å². The second-order valence-electron chi connectivity index (χ2n) is 3.06. The fourth-order valence-corrected chi connectivity index (χ4v) is 1.34. The molecule has 0 saturated heterocycles. The number of aromatic nitrogens is 2. The third-order valence-electron chi connectivity index (χ3n) is 2.05. The number of rotatable bonds is 2. The molecule has 2 nitrogen and oxygen atoms in total. The predicted octanol–water partition coefficient (Wildman–Crippen LogP) is 2.86. The fraction of sp³-hybridized carbons (Fsp3) is 0. The van der Waals surface area contributed by atoms with Crippen LogP contribution in [0, 0.1) is 12.7 Å². The summed E-state index contributed by atoms with van der Waals surface area (Å²) in [6.45, 7) is 3.53. The lowest BCUT2D eigenvalue weighted by Crippen LogP contribution is -1.95. The van der Waals surface area contributed by atoms with E-state index in [9.17, 15) is 4.39 Å². The van der Waals surface area contributed by atoms with Crippen LogP contribution in [0.5, 0.6) is 0 Å². The summed E-state index contributed by atoms with van der Waals surface area (Å²) < 4.78 is 15.1. The Morgan fingerprint density at radius 3 is 2.87 bits per heavy atom. The molecular weight excluding hydrogens is 191 g/mol. The van der Waals surface area contributed by atoms with Crippen LogP contribution in [0.25, 0.3) is 11.8 Å². The van der Waals surface area contributed by atoms with Crippen molar-refractivity contribution in [2.75, 3.05) is 0 Å². The summed E-state index contributed by atoms with van der Waals surface area (Å²) in [6, 6.07) is 6.75. The summed E-state index contributed by atoms with van der Waals surface area (Å²) in [4.78, 5) is 0. The topological polar surface area (TPSA) is 17.8 Å². The van der Waals surface area contributed by atoms with Gasteiger partial charge in [-0.05, 0) is 25.1 Å². The summed E-state index contributed by atoms with van der Waals surface area (Å²) in [7, 11) is 0. The highest BCUT2D eigenvalue weighted by molar-refractivity contribution is 5.53. The van der Waals surface area contributed by atoms with E-state index in [1.54, 1.807) is 41.4 Å². The van der Waals surface area contributed by atoms with Crippen molar-refractivity contribution in [1.29, 1.82) is 0 Å². The Bertz CT molecular complexity index is 472. The average Bonchev–Trinajstić information content (AvgIpc) is 2.74. The third kappa shape index (κ3) is 1.96. The molecule has 0 amide bonds. The zero-order chi connectivity index (χ0) is 10.7. The van der Waals surface area contributed by atoms with E-state index in [0.29, 0.717) is 11.3 Å². The molecule has 0 aliphatic carbocycles. The van der Waals surface area contributed by atoms with Gasteiger partial charge in [-0.3, -0.25) is 0 Å². The first-order chi connectivity index (χ1) is 7.31. The van der Waals surface area contributed by atoms with Crippen LogP contribution in [0.3, 0.4) is 0 Å². The summed E-state index contributed by atoms with van der Waals surface area (Å²) >= 11 is 0. The summed E-state index contributed by atoms with van der Waals surface area (Å²) in [5.74, 6) is -0.275. The lowest BCUT2D eigenvalue weighted by Gasteiger charge is -2.03. The molecule has 1 heterocycles. The maximum atomic E-state index is 13.5. The summed E-state index contributed by atoms with van der Waals surface area (Å²) in [5, 5.41) is 4.02. The number of nitrogens with zero attached hydrogens (tertiary/aromatic N) is 2. The minimum absolute atomic E-state index is 0.275. The van der Waals surface area contributed by atoms with E-state index in [1.165, 1.54) is 6.07 Å². The Morgan fingerprint density at radius 1 is 1.40 bits per heavy atom. The molecule has 0 atom stereocenters. The molecule has 1 aromatic carbocycles. The van der Waals surface area contributed by atoms with Crippen LogP contribution in [0.2, 0.25) is 0 Å². The van der Waals surface area contributed by atoms with Gasteiger partial charge in [-0.15, -0.1) is 0 Å². The molecule has 2 rings (SSSR count). The Kier molecular flexibility index (Phi) is 2.63. The smallest absolute Gasteiger partial charge is 0.132 e. The molecule has 0 aliphatic heterocycles. The Labute approximate surface area is 87.7 Å². The molecule has 2 aromatic rings. The zero-order valence-electron chi connectivity index (χ0n) is 8.10. The number of hydrogen-bond acceptors (Lipinski definition) is 1. The van der Waals surface area contributed by atoms with Gasteiger partial charge in [0.25, 0.3) is 0 Å². The van der Waals surface area contributed by atoms with E-state index in [2.05, 4.69) is 12.0 Å². The van der Waals surface area contributed by atoms with E-state index < -0.39 is 0 Å². The first-order valence-corrected chi connectivity index (χ1v) is 4.56. The average molecular weight is 201 g/mol. The molecule has 0 aliphatic rings. The predicted molar refractivity (Wildman–Crippen MR) is 57.9 cm³/mol. The van der Waals surface area contributed by atoms with Gasteiger partial charge in [-0.2, -0.15) is 5.10 Å². The molecule has 0 N–H and O–H groups in total. The molecule has 1 aromatic heterocycles. The molecule has 0 bridgehead atoms. The van der Waals surface area contributed by atoms with Crippen LogP contribution in [-0.2, 0) is 0 Å². The van der Waals surface area contributed by atoms with Gasteiger partial charge in [0.1, 0.15) is 5.82 Å². The SMILES string of the molecule is [CH2]/C=C/c1ccc(-n2cccn2)cc1F. The van der Waals surface area contributed by atoms with Crippen LogP contribution in [0.15, 0.2) is 42.7 Å². The highest BCUT2D eigenvalue weighted by Crippen LogP contribution is 2.14. The minimum atomic E-state index is -0.275. The molecule has 0 unspecified atom stereocenters. The normalized spacial score (nSPS) is 11.1. The highest BCUT2D eigenvalue weighted by Gasteiger charge is 2.01. The lowest BCUT2D eigenvalue weighted by molar-refractivity contribution is 0.622. The van der Waals surface area contributed by atoms with Crippen molar-refractivity contribution in [3.63, 3.8) is 0 Å². The zero-order valence-corrected chi connectivity index (χ0v) is 8.10. The van der Waals surface area contributed by atoms with Crippen molar-refractivity contribution in [2.24, 2.45) is 0 Å². The van der Waals surface area contributed by atoms with Crippen molar-refractivity contribution in [3.05, 3.63) is 61.0 Å². The second-order valence-corrected chi connectivity index (χ2v) is 3.06. The van der Waals surface area contributed by atoms with Crippen LogP contribution < -0.4 is 0 Å². The molecule has 0 saturated carbocycles. The molecular formula is C12H10FN2. The second kappa shape index (κ2) is 4.09. The molecule has 75 valence electrons. The Hall–Kier alpha value is -1.90. The van der Waals surface area contributed by atoms with E-state index in [1.807, 2.05) is 6.07 Å². The van der Waals surface area contributed by atoms with E-state index in [-0.39, 0.29) is 5.82 Å². The molecule has 0 spiro atoms. The molecule has 0 fully saturated rings. The van der Waals surface area contributed by atoms with Crippen LogP contribution in [0.4, 0.5) is 4.39 Å². The third-order valence-corrected chi connectivity index (χ3v) is 2.05.